The van der Waals surface area contributed by atoms with Crippen LogP contribution < -0.4 is 0 Å². The van der Waals surface area contributed by atoms with Gasteiger partial charge in [0.15, 0.2) is 9.84 Å². The molecular formula is C13H16ClNO5S. The molecule has 1 aliphatic heterocycles. The first-order valence-electron chi connectivity index (χ1n) is 6.36. The monoisotopic (exact) mass is 333 g/mol. The van der Waals surface area contributed by atoms with Crippen LogP contribution in [0.1, 0.15) is 5.56 Å². The Hall–Kier alpha value is -1.15. The number of carboxylic acid groups (broad SMARTS) is 1. The maximum Gasteiger partial charge on any atom is 0.317 e. The van der Waals surface area contributed by atoms with Crippen LogP contribution in [0.5, 0.6) is 0 Å². The van der Waals surface area contributed by atoms with E-state index in [0.717, 1.165) is 0 Å². The molecule has 21 heavy (non-hydrogen) atoms. The third-order valence-electron chi connectivity index (χ3n) is 3.43. The summed E-state index contributed by atoms with van der Waals surface area (Å²) in [6, 6.07) is 6.21. The highest BCUT2D eigenvalue weighted by Crippen LogP contribution is 2.23. The summed E-state index contributed by atoms with van der Waals surface area (Å²) in [4.78, 5) is 12.4. The van der Waals surface area contributed by atoms with Crippen molar-refractivity contribution in [2.75, 3.05) is 18.1 Å². The highest BCUT2D eigenvalue weighted by atomic mass is 35.5. The molecule has 0 aliphatic carbocycles. The molecule has 2 N–H and O–H groups in total. The van der Waals surface area contributed by atoms with Crippen LogP contribution in [0.4, 0.5) is 0 Å². The predicted molar refractivity (Wildman–Crippen MR) is 77.9 cm³/mol. The molecule has 1 aromatic carbocycles. The molecule has 6 nitrogen and oxygen atoms in total. The van der Waals surface area contributed by atoms with E-state index in [1.165, 1.54) is 4.90 Å². The number of carboxylic acids is 1. The second-order valence-electron chi connectivity index (χ2n) is 5.10. The fraction of sp³-hybridized carbons (Fsp3) is 0.462. The fourth-order valence-electron chi connectivity index (χ4n) is 2.47. The SMILES string of the molecule is O=C(O)CN(Cc1ccccc1Cl)[C@H]1CS(=O)(=O)C[C@H]1O. The number of sulfone groups is 1. The van der Waals surface area contributed by atoms with Crippen molar-refractivity contribution in [1.82, 2.24) is 4.90 Å². The Labute approximate surface area is 127 Å². The van der Waals surface area contributed by atoms with Gasteiger partial charge in [-0.05, 0) is 11.6 Å². The Balaban J connectivity index is 2.23. The summed E-state index contributed by atoms with van der Waals surface area (Å²) in [7, 11) is -3.35. The number of aliphatic hydroxyl groups excluding tert-OH is 1. The normalized spacial score (nSPS) is 24.3. The van der Waals surface area contributed by atoms with Crippen molar-refractivity contribution >= 4 is 27.4 Å². The number of rotatable bonds is 5. The number of nitrogens with zero attached hydrogens (tertiary/aromatic N) is 1. The first-order valence-corrected chi connectivity index (χ1v) is 8.56. The van der Waals surface area contributed by atoms with Crippen molar-refractivity contribution in [2.45, 2.75) is 18.7 Å². The number of benzene rings is 1. The third-order valence-corrected chi connectivity index (χ3v) is 5.50. The summed E-state index contributed by atoms with van der Waals surface area (Å²) in [6.07, 6.45) is -1.09. The summed E-state index contributed by atoms with van der Waals surface area (Å²) >= 11 is 6.05. The summed E-state index contributed by atoms with van der Waals surface area (Å²) in [6.45, 7) is -0.189. The van der Waals surface area contributed by atoms with Gasteiger partial charge in [0.2, 0.25) is 0 Å². The van der Waals surface area contributed by atoms with Gasteiger partial charge >= 0.3 is 5.97 Å². The van der Waals surface area contributed by atoms with Crippen molar-refractivity contribution < 1.29 is 23.4 Å². The summed E-state index contributed by atoms with van der Waals surface area (Å²) in [5, 5.41) is 19.4. The first-order chi connectivity index (χ1) is 9.78. The molecule has 0 unspecified atom stereocenters. The van der Waals surface area contributed by atoms with Gasteiger partial charge in [0.25, 0.3) is 0 Å². The molecule has 1 saturated heterocycles. The van der Waals surface area contributed by atoms with E-state index >= 15 is 0 Å². The van der Waals surface area contributed by atoms with Crippen molar-refractivity contribution in [1.29, 1.82) is 0 Å². The van der Waals surface area contributed by atoms with Crippen LogP contribution in [0.2, 0.25) is 5.02 Å². The van der Waals surface area contributed by atoms with Crippen molar-refractivity contribution in [3.05, 3.63) is 34.9 Å². The largest absolute Gasteiger partial charge is 0.480 e. The minimum atomic E-state index is -3.35. The van der Waals surface area contributed by atoms with Crippen LogP contribution in [0.3, 0.4) is 0 Å². The number of halogens is 1. The van der Waals surface area contributed by atoms with Gasteiger partial charge in [0.1, 0.15) is 0 Å². The van der Waals surface area contributed by atoms with E-state index < -0.39 is 28.0 Å². The highest BCUT2D eigenvalue weighted by molar-refractivity contribution is 7.91. The highest BCUT2D eigenvalue weighted by Gasteiger charge is 2.40. The Morgan fingerprint density at radius 2 is 2.00 bits per heavy atom. The fourth-order valence-corrected chi connectivity index (χ4v) is 4.50. The Morgan fingerprint density at radius 1 is 1.33 bits per heavy atom. The lowest BCUT2D eigenvalue weighted by Gasteiger charge is -2.28. The van der Waals surface area contributed by atoms with Gasteiger partial charge < -0.3 is 10.2 Å². The standard InChI is InChI=1S/C13H16ClNO5S/c14-10-4-2-1-3-9(10)5-15(6-13(17)18)11-7-21(19,20)8-12(11)16/h1-4,11-12,16H,5-8H2,(H,17,18)/t11-,12+/m0/s1. The minimum absolute atomic E-state index is 0.170. The Bertz CT molecular complexity index is 633. The summed E-state index contributed by atoms with van der Waals surface area (Å²) < 4.78 is 23.2. The lowest BCUT2D eigenvalue weighted by atomic mass is 10.1. The molecule has 0 saturated carbocycles. The zero-order valence-electron chi connectivity index (χ0n) is 11.1. The molecule has 116 valence electrons. The number of aliphatic carboxylic acids is 1. The molecule has 2 atom stereocenters. The molecule has 1 fully saturated rings. The van der Waals surface area contributed by atoms with Gasteiger partial charge in [-0.15, -0.1) is 0 Å². The topological polar surface area (TPSA) is 94.9 Å². The molecular weight excluding hydrogens is 318 g/mol. The van der Waals surface area contributed by atoms with E-state index in [1.807, 2.05) is 0 Å². The minimum Gasteiger partial charge on any atom is -0.480 e. The molecule has 0 radical (unpaired) electrons. The molecule has 1 aromatic rings. The van der Waals surface area contributed by atoms with E-state index in [0.29, 0.717) is 10.6 Å². The van der Waals surface area contributed by atoms with Crippen molar-refractivity contribution in [3.8, 4) is 0 Å². The number of carbonyl (C=O) groups is 1. The van der Waals surface area contributed by atoms with Gasteiger partial charge in [-0.3, -0.25) is 9.69 Å². The molecule has 0 spiro atoms. The zero-order valence-corrected chi connectivity index (χ0v) is 12.7. The van der Waals surface area contributed by atoms with Crippen LogP contribution in [0, 0.1) is 0 Å². The van der Waals surface area contributed by atoms with E-state index in [9.17, 15) is 18.3 Å². The quantitative estimate of drug-likeness (QED) is 0.809. The summed E-state index contributed by atoms with van der Waals surface area (Å²) in [5.41, 5.74) is 0.692. The van der Waals surface area contributed by atoms with Crippen LogP contribution >= 0.6 is 11.6 Å². The maximum absolute atomic E-state index is 11.6. The average molecular weight is 334 g/mol. The van der Waals surface area contributed by atoms with E-state index in [-0.39, 0.29) is 24.6 Å². The summed E-state index contributed by atoms with van der Waals surface area (Å²) in [5.74, 6) is -1.67. The average Bonchev–Trinajstić information content (AvgIpc) is 2.64. The van der Waals surface area contributed by atoms with E-state index in [4.69, 9.17) is 16.7 Å². The van der Waals surface area contributed by atoms with E-state index in [2.05, 4.69) is 0 Å². The first kappa shape index (κ1) is 16.2. The second kappa shape index (κ2) is 6.31. The number of aliphatic hydroxyl groups is 1. The number of hydrogen-bond donors (Lipinski definition) is 2. The third kappa shape index (κ3) is 4.16. The van der Waals surface area contributed by atoms with Gasteiger partial charge in [-0.1, -0.05) is 29.8 Å². The maximum atomic E-state index is 11.6. The van der Waals surface area contributed by atoms with Crippen LogP contribution in [0.15, 0.2) is 24.3 Å². The lowest BCUT2D eigenvalue weighted by Crippen LogP contribution is -2.45. The van der Waals surface area contributed by atoms with E-state index in [1.54, 1.807) is 24.3 Å². The van der Waals surface area contributed by atoms with Gasteiger partial charge in [0.05, 0.1) is 30.2 Å². The number of hydrogen-bond acceptors (Lipinski definition) is 5. The van der Waals surface area contributed by atoms with Crippen LogP contribution in [0.25, 0.3) is 0 Å². The molecule has 2 rings (SSSR count). The molecule has 0 amide bonds. The van der Waals surface area contributed by atoms with Gasteiger partial charge in [-0.2, -0.15) is 0 Å². The smallest absolute Gasteiger partial charge is 0.317 e. The Kier molecular flexibility index (Phi) is 4.88. The molecule has 0 bridgehead atoms. The van der Waals surface area contributed by atoms with Crippen molar-refractivity contribution in [3.63, 3.8) is 0 Å². The predicted octanol–water partition coefficient (Wildman–Crippen LogP) is 0.385. The molecule has 8 heteroatoms. The van der Waals surface area contributed by atoms with Crippen LogP contribution in [-0.4, -0.2) is 59.7 Å². The second-order valence-corrected chi connectivity index (χ2v) is 7.66. The van der Waals surface area contributed by atoms with Gasteiger partial charge in [0, 0.05) is 11.6 Å². The molecule has 1 heterocycles. The molecule has 0 aromatic heterocycles. The van der Waals surface area contributed by atoms with Crippen molar-refractivity contribution in [2.24, 2.45) is 0 Å². The lowest BCUT2D eigenvalue weighted by molar-refractivity contribution is -0.139. The van der Waals surface area contributed by atoms with Gasteiger partial charge in [-0.25, -0.2) is 8.42 Å². The molecule has 1 aliphatic rings. The van der Waals surface area contributed by atoms with Crippen LogP contribution in [-0.2, 0) is 21.2 Å². The Morgan fingerprint density at radius 3 is 2.52 bits per heavy atom. The zero-order chi connectivity index (χ0) is 15.6.